The van der Waals surface area contributed by atoms with Crippen molar-refractivity contribution in [2.75, 3.05) is 6.54 Å². The maximum atomic E-state index is 12.5. The van der Waals surface area contributed by atoms with Crippen LogP contribution in [0, 0.1) is 6.92 Å². The molecule has 0 bridgehead atoms. The van der Waals surface area contributed by atoms with E-state index in [1.807, 2.05) is 19.9 Å². The van der Waals surface area contributed by atoms with Crippen molar-refractivity contribution in [2.45, 2.75) is 57.0 Å². The van der Waals surface area contributed by atoms with Crippen molar-refractivity contribution >= 4 is 15.9 Å². The highest BCUT2D eigenvalue weighted by Crippen LogP contribution is 2.18. The lowest BCUT2D eigenvalue weighted by atomic mass is 10.0. The summed E-state index contributed by atoms with van der Waals surface area (Å²) in [5.74, 6) is -0.150. The zero-order valence-corrected chi connectivity index (χ0v) is 14.2. The van der Waals surface area contributed by atoms with Gasteiger partial charge in [-0.25, -0.2) is 8.42 Å². The van der Waals surface area contributed by atoms with E-state index in [1.54, 1.807) is 24.0 Å². The van der Waals surface area contributed by atoms with Gasteiger partial charge in [0.1, 0.15) is 0 Å². The van der Waals surface area contributed by atoms with Gasteiger partial charge < -0.3 is 4.90 Å². The number of rotatable bonds is 4. The molecule has 122 valence electrons. The first kappa shape index (κ1) is 17.0. The Morgan fingerprint density at radius 2 is 2.09 bits per heavy atom. The molecule has 2 atom stereocenters. The van der Waals surface area contributed by atoms with Crippen molar-refractivity contribution in [1.29, 1.82) is 0 Å². The molecule has 0 aliphatic carbocycles. The van der Waals surface area contributed by atoms with E-state index in [2.05, 4.69) is 4.72 Å². The van der Waals surface area contributed by atoms with Crippen LogP contribution in [-0.2, 0) is 14.8 Å². The molecule has 1 aliphatic heterocycles. The summed E-state index contributed by atoms with van der Waals surface area (Å²) < 4.78 is 27.3. The van der Waals surface area contributed by atoms with Crippen LogP contribution in [0.2, 0.25) is 0 Å². The van der Waals surface area contributed by atoms with Crippen LogP contribution in [0.25, 0.3) is 0 Å². The van der Waals surface area contributed by atoms with Crippen LogP contribution < -0.4 is 4.72 Å². The molecule has 22 heavy (non-hydrogen) atoms. The molecule has 5 nitrogen and oxygen atoms in total. The van der Waals surface area contributed by atoms with Crippen LogP contribution in [0.5, 0.6) is 0 Å². The van der Waals surface area contributed by atoms with Gasteiger partial charge in [0.15, 0.2) is 0 Å². The molecule has 6 heteroatoms. The fourth-order valence-corrected chi connectivity index (χ4v) is 4.11. The Balaban J connectivity index is 2.10. The second kappa shape index (κ2) is 6.79. The van der Waals surface area contributed by atoms with Gasteiger partial charge in [-0.2, -0.15) is 4.72 Å². The Bertz CT molecular complexity index is 643. The summed E-state index contributed by atoms with van der Waals surface area (Å²) in [7, 11) is -3.68. The molecule has 1 heterocycles. The third-order valence-electron chi connectivity index (χ3n) is 4.09. The van der Waals surface area contributed by atoms with Gasteiger partial charge >= 0.3 is 0 Å². The zero-order chi connectivity index (χ0) is 16.3. The molecule has 1 aliphatic rings. The lowest BCUT2D eigenvalue weighted by Gasteiger charge is -2.35. The van der Waals surface area contributed by atoms with Crippen molar-refractivity contribution in [3.8, 4) is 0 Å². The van der Waals surface area contributed by atoms with E-state index in [0.29, 0.717) is 6.54 Å². The van der Waals surface area contributed by atoms with Crippen LogP contribution in [0.1, 0.15) is 38.7 Å². The van der Waals surface area contributed by atoms with Gasteiger partial charge in [0.05, 0.1) is 10.9 Å². The fourth-order valence-electron chi connectivity index (χ4n) is 2.81. The average Bonchev–Trinajstić information content (AvgIpc) is 2.46. The second-order valence-corrected chi connectivity index (χ2v) is 7.75. The summed E-state index contributed by atoms with van der Waals surface area (Å²) in [6.45, 7) is 6.16. The topological polar surface area (TPSA) is 66.5 Å². The predicted octanol–water partition coefficient (Wildman–Crippen LogP) is 2.06. The van der Waals surface area contributed by atoms with Gasteiger partial charge in [-0.3, -0.25) is 4.79 Å². The summed E-state index contributed by atoms with van der Waals surface area (Å²) in [5, 5.41) is 0. The van der Waals surface area contributed by atoms with E-state index in [1.165, 1.54) is 6.07 Å². The predicted molar refractivity (Wildman–Crippen MR) is 86.0 cm³/mol. The number of hydrogen-bond acceptors (Lipinski definition) is 3. The number of carbonyl (C=O) groups is 1. The molecule has 0 aromatic heterocycles. The Kier molecular flexibility index (Phi) is 5.24. The number of nitrogens with one attached hydrogen (secondary N) is 1. The molecule has 0 spiro atoms. The Hall–Kier alpha value is -1.40. The quantitative estimate of drug-likeness (QED) is 0.922. The molecule has 1 aromatic rings. The number of likely N-dealkylation sites (tertiary alicyclic amines) is 1. The average molecular weight is 324 g/mol. The number of sulfonamides is 1. The minimum atomic E-state index is -3.68. The lowest BCUT2D eigenvalue weighted by Crippen LogP contribution is -2.51. The van der Waals surface area contributed by atoms with E-state index in [4.69, 9.17) is 0 Å². The van der Waals surface area contributed by atoms with Gasteiger partial charge in [-0.05, 0) is 57.7 Å². The van der Waals surface area contributed by atoms with Gasteiger partial charge in [-0.15, -0.1) is 0 Å². The third kappa shape index (κ3) is 3.87. The maximum absolute atomic E-state index is 12.5. The number of hydrogen-bond donors (Lipinski definition) is 1. The van der Waals surface area contributed by atoms with Crippen molar-refractivity contribution in [3.05, 3.63) is 29.8 Å². The van der Waals surface area contributed by atoms with Crippen LogP contribution in [0.4, 0.5) is 0 Å². The van der Waals surface area contributed by atoms with Crippen molar-refractivity contribution in [2.24, 2.45) is 0 Å². The van der Waals surface area contributed by atoms with Crippen LogP contribution in [-0.4, -0.2) is 37.9 Å². The van der Waals surface area contributed by atoms with Crippen molar-refractivity contribution < 1.29 is 13.2 Å². The van der Waals surface area contributed by atoms with E-state index in [0.717, 1.165) is 24.8 Å². The van der Waals surface area contributed by atoms with E-state index in [-0.39, 0.29) is 16.8 Å². The molecule has 1 N–H and O–H groups in total. The first-order valence-corrected chi connectivity index (χ1v) is 9.19. The Morgan fingerprint density at radius 3 is 2.73 bits per heavy atom. The molecular formula is C16H24N2O3S. The highest BCUT2D eigenvalue weighted by molar-refractivity contribution is 7.89. The fraction of sp³-hybridized carbons (Fsp3) is 0.562. The highest BCUT2D eigenvalue weighted by Gasteiger charge is 2.29. The monoisotopic (exact) mass is 324 g/mol. The second-order valence-electron chi connectivity index (χ2n) is 6.04. The van der Waals surface area contributed by atoms with Crippen LogP contribution >= 0.6 is 0 Å². The van der Waals surface area contributed by atoms with Crippen LogP contribution in [0.15, 0.2) is 29.2 Å². The maximum Gasteiger partial charge on any atom is 0.241 e. The molecule has 2 rings (SSSR count). The summed E-state index contributed by atoms with van der Waals surface area (Å²) in [6, 6.07) is 6.09. The Labute approximate surface area is 132 Å². The summed E-state index contributed by atoms with van der Waals surface area (Å²) in [6.07, 6.45) is 3.07. The minimum absolute atomic E-state index is 0.150. The lowest BCUT2D eigenvalue weighted by molar-refractivity contribution is -0.135. The molecular weight excluding hydrogens is 300 g/mol. The van der Waals surface area contributed by atoms with Gasteiger partial charge in [-0.1, -0.05) is 12.1 Å². The van der Waals surface area contributed by atoms with Gasteiger partial charge in [0, 0.05) is 12.6 Å². The first-order valence-electron chi connectivity index (χ1n) is 7.71. The smallest absolute Gasteiger partial charge is 0.241 e. The third-order valence-corrected chi connectivity index (χ3v) is 5.63. The number of benzene rings is 1. The molecule has 0 unspecified atom stereocenters. The van der Waals surface area contributed by atoms with Crippen molar-refractivity contribution in [1.82, 2.24) is 9.62 Å². The van der Waals surface area contributed by atoms with E-state index < -0.39 is 16.1 Å². The first-order chi connectivity index (χ1) is 10.3. The molecule has 1 saturated heterocycles. The van der Waals surface area contributed by atoms with Crippen molar-refractivity contribution in [3.63, 3.8) is 0 Å². The number of carbonyl (C=O) groups excluding carboxylic acids is 1. The standard InChI is InChI=1S/C16H24N2O3S/c1-12-7-6-9-15(11-12)22(20,21)17-14(3)16(19)18-10-5-4-8-13(18)2/h6-7,9,11,13-14,17H,4-5,8,10H2,1-3H3/t13-,14+/m1/s1. The van der Waals surface area contributed by atoms with Gasteiger partial charge in [0.2, 0.25) is 15.9 Å². The van der Waals surface area contributed by atoms with Gasteiger partial charge in [0.25, 0.3) is 0 Å². The largest absolute Gasteiger partial charge is 0.339 e. The number of aryl methyl sites for hydroxylation is 1. The number of piperidine rings is 1. The molecule has 1 fully saturated rings. The number of amides is 1. The summed E-state index contributed by atoms with van der Waals surface area (Å²) in [4.78, 5) is 14.5. The molecule has 0 saturated carbocycles. The highest BCUT2D eigenvalue weighted by atomic mass is 32.2. The summed E-state index contributed by atoms with van der Waals surface area (Å²) in [5.41, 5.74) is 0.867. The summed E-state index contributed by atoms with van der Waals surface area (Å²) >= 11 is 0. The minimum Gasteiger partial charge on any atom is -0.339 e. The molecule has 0 radical (unpaired) electrons. The Morgan fingerprint density at radius 1 is 1.36 bits per heavy atom. The number of nitrogens with zero attached hydrogens (tertiary/aromatic N) is 1. The van der Waals surface area contributed by atoms with E-state index >= 15 is 0 Å². The van der Waals surface area contributed by atoms with Crippen LogP contribution in [0.3, 0.4) is 0 Å². The SMILES string of the molecule is Cc1cccc(S(=O)(=O)N[C@@H](C)C(=O)N2CCCC[C@H]2C)c1. The van der Waals surface area contributed by atoms with E-state index in [9.17, 15) is 13.2 Å². The normalized spacial score (nSPS) is 20.7. The molecule has 1 aromatic carbocycles. The zero-order valence-electron chi connectivity index (χ0n) is 13.4. The molecule has 1 amide bonds.